The zero-order valence-electron chi connectivity index (χ0n) is 53.0. The van der Waals surface area contributed by atoms with Gasteiger partial charge in [-0.2, -0.15) is 0 Å². The number of hydrogen-bond donors (Lipinski definition) is 2. The second kappa shape index (κ2) is 24.4. The molecule has 0 bridgehead atoms. The van der Waals surface area contributed by atoms with E-state index in [2.05, 4.69) is 277 Å². The number of halogens is 1. The number of furan rings is 2. The van der Waals surface area contributed by atoms with E-state index in [4.69, 9.17) is 8.83 Å². The summed E-state index contributed by atoms with van der Waals surface area (Å²) in [6.45, 7) is 0. The lowest BCUT2D eigenvalue weighted by Crippen LogP contribution is -2.31. The maximum Gasteiger partial charge on any atom is 0.489 e. The van der Waals surface area contributed by atoms with Gasteiger partial charge >= 0.3 is 7.12 Å². The predicted octanol–water partition coefficient (Wildman–Crippen LogP) is 24.9. The molecule has 0 unspecified atom stereocenters. The van der Waals surface area contributed by atoms with E-state index < -0.39 is 7.12 Å². The van der Waals surface area contributed by atoms with E-state index in [0.717, 1.165) is 75.6 Å². The van der Waals surface area contributed by atoms with Crippen LogP contribution in [-0.4, -0.2) is 17.2 Å². The molecule has 20 rings (SSSR count). The molecule has 0 saturated carbocycles. The number of hydrogen-bond acceptors (Lipinski definition) is 4. The minimum Gasteiger partial charge on any atom is -0.455 e. The first-order chi connectivity index (χ1) is 48.4. The molecular weight excluding hydrogens is 1260 g/mol. The Morgan fingerprint density at radius 1 is 0.214 bits per heavy atom. The van der Waals surface area contributed by atoms with Gasteiger partial charge in [0.05, 0.1) is 0 Å². The van der Waals surface area contributed by atoms with Crippen LogP contribution in [-0.2, 0) is 0 Å². The van der Waals surface area contributed by atoms with Gasteiger partial charge in [0.15, 0.2) is 0 Å². The Labute approximate surface area is 573 Å². The Morgan fingerprint density at radius 2 is 0.480 bits per heavy atom. The van der Waals surface area contributed by atoms with Crippen LogP contribution in [0, 0.1) is 0 Å². The second-order valence-electron chi connectivity index (χ2n) is 25.1. The maximum atomic E-state index is 10.1. The van der Waals surface area contributed by atoms with Gasteiger partial charge < -0.3 is 18.9 Å². The second-order valence-corrected chi connectivity index (χ2v) is 26.0. The van der Waals surface area contributed by atoms with Gasteiger partial charge in [0.2, 0.25) is 0 Å². The Bertz CT molecular complexity index is 6400. The monoisotopic (exact) mass is 1320 g/mol. The summed E-state index contributed by atoms with van der Waals surface area (Å²) in [5.41, 5.74) is 16.3. The van der Waals surface area contributed by atoms with Crippen LogP contribution in [0.25, 0.3) is 186 Å². The van der Waals surface area contributed by atoms with Gasteiger partial charge in [0.25, 0.3) is 0 Å². The summed E-state index contributed by atoms with van der Waals surface area (Å²) in [5, 5.41) is 43.4. The summed E-state index contributed by atoms with van der Waals surface area (Å²) in [6, 6.07) is 119. The van der Waals surface area contributed by atoms with Crippen LogP contribution in [0.3, 0.4) is 0 Å². The Morgan fingerprint density at radius 3 is 0.867 bits per heavy atom. The Hall–Kier alpha value is -11.9. The molecule has 0 saturated heterocycles. The van der Waals surface area contributed by atoms with Gasteiger partial charge in [-0.1, -0.05) is 325 Å². The molecule has 0 amide bonds. The zero-order valence-corrected chi connectivity index (χ0v) is 54.6. The average molecular weight is 1320 g/mol. The summed E-state index contributed by atoms with van der Waals surface area (Å²) in [6.07, 6.45) is 0. The van der Waals surface area contributed by atoms with Crippen molar-refractivity contribution in [1.29, 1.82) is 0 Å². The fraction of sp³-hybridized carbons (Fsp3) is 0. The Balaban J connectivity index is 0.000000116. The predicted molar refractivity (Wildman–Crippen MR) is 419 cm³/mol. The van der Waals surface area contributed by atoms with Gasteiger partial charge in [0.1, 0.15) is 22.3 Å². The van der Waals surface area contributed by atoms with Gasteiger partial charge in [-0.15, -0.1) is 0 Å². The third-order valence-electron chi connectivity index (χ3n) is 19.7. The first kappa shape index (κ1) is 58.7. The molecule has 0 aliphatic carbocycles. The highest BCUT2D eigenvalue weighted by molar-refractivity contribution is 9.10. The van der Waals surface area contributed by atoms with Crippen LogP contribution in [0.4, 0.5) is 0 Å². The van der Waals surface area contributed by atoms with E-state index >= 15 is 0 Å². The van der Waals surface area contributed by atoms with Crippen molar-refractivity contribution in [3.63, 3.8) is 0 Å². The third kappa shape index (κ3) is 9.91. The lowest BCUT2D eigenvalue weighted by molar-refractivity contribution is 0.426. The van der Waals surface area contributed by atoms with Crippen LogP contribution in [0.5, 0.6) is 0 Å². The molecule has 0 spiro atoms. The van der Waals surface area contributed by atoms with Gasteiger partial charge in [-0.25, -0.2) is 0 Å². The van der Waals surface area contributed by atoms with E-state index in [-0.39, 0.29) is 0 Å². The quantitative estimate of drug-likeness (QED) is 0.0989. The highest BCUT2D eigenvalue weighted by Gasteiger charge is 2.24. The molecule has 2 aromatic heterocycles. The van der Waals surface area contributed by atoms with E-state index in [1.807, 2.05) is 78.9 Å². The Kier molecular flexibility index (Phi) is 14.6. The number of fused-ring (bicyclic) bond motifs is 20. The smallest absolute Gasteiger partial charge is 0.455 e. The average Bonchev–Trinajstić information content (AvgIpc) is 1.22. The van der Waals surface area contributed by atoms with Crippen molar-refractivity contribution >= 4 is 159 Å². The molecular formula is C92H58BBrO4. The molecule has 0 atom stereocenters. The molecule has 0 fully saturated rings. The van der Waals surface area contributed by atoms with Gasteiger partial charge in [-0.3, -0.25) is 0 Å². The van der Waals surface area contributed by atoms with Crippen molar-refractivity contribution in [3.8, 4) is 55.6 Å². The summed E-state index contributed by atoms with van der Waals surface area (Å²) >= 11 is 3.57. The van der Waals surface area contributed by atoms with Crippen molar-refractivity contribution < 1.29 is 18.9 Å². The van der Waals surface area contributed by atoms with Gasteiger partial charge in [0, 0.05) is 36.8 Å². The molecule has 20 aromatic rings. The first-order valence-corrected chi connectivity index (χ1v) is 33.9. The van der Waals surface area contributed by atoms with Gasteiger partial charge in [-0.05, 0) is 167 Å². The molecule has 2 heterocycles. The van der Waals surface area contributed by atoms with Crippen molar-refractivity contribution in [2.45, 2.75) is 0 Å². The van der Waals surface area contributed by atoms with Crippen LogP contribution >= 0.6 is 15.9 Å². The molecule has 460 valence electrons. The lowest BCUT2D eigenvalue weighted by atomic mass is 9.72. The standard InChI is InChI=1S/C46H28O.C26H19BO2.C20H11BrO/c1-2-12-29(13-3-1)30-22-24-31(25-23-30)43-36-17-7-9-19-38(36)44(39-20-10-8-18-37(39)43)32-26-27-42-41(28-32)45-35-16-6-4-14-33(35)34-15-5-11-21-40(34)46(45)47-42;28-27(29)26-23-12-6-4-10-21(23)25(22-11-5-7-13-24(22)26)20-16-14-19(15-17-20)18-8-2-1-3-9-18;21-12-9-10-18-17(11-12)19-15-7-3-1-5-13(15)14-6-2-4-8-16(14)20(19)22-18/h1-28H;1-17,28-29H;1-11H. The molecule has 0 aliphatic rings. The first-order valence-electron chi connectivity index (χ1n) is 33.1. The van der Waals surface area contributed by atoms with E-state index in [1.165, 1.54) is 115 Å². The fourth-order valence-electron chi connectivity index (χ4n) is 15.4. The molecule has 0 radical (unpaired) electrons. The molecule has 98 heavy (non-hydrogen) atoms. The summed E-state index contributed by atoms with van der Waals surface area (Å²) in [5.74, 6) is 0. The summed E-state index contributed by atoms with van der Waals surface area (Å²) in [7, 11) is -1.53. The highest BCUT2D eigenvalue weighted by atomic mass is 79.9. The molecule has 4 nitrogen and oxygen atoms in total. The zero-order chi connectivity index (χ0) is 65.4. The largest absolute Gasteiger partial charge is 0.489 e. The van der Waals surface area contributed by atoms with Crippen molar-refractivity contribution in [3.05, 3.63) is 344 Å². The number of benzene rings is 18. The van der Waals surface area contributed by atoms with E-state index in [1.54, 1.807) is 0 Å². The van der Waals surface area contributed by atoms with Crippen molar-refractivity contribution in [2.75, 3.05) is 0 Å². The normalized spacial score (nSPS) is 11.6. The van der Waals surface area contributed by atoms with Crippen LogP contribution in [0.15, 0.2) is 353 Å². The summed E-state index contributed by atoms with van der Waals surface area (Å²) < 4.78 is 13.9. The minimum atomic E-state index is -1.53. The highest BCUT2D eigenvalue weighted by Crippen LogP contribution is 2.48. The minimum absolute atomic E-state index is 0.556. The fourth-order valence-corrected chi connectivity index (χ4v) is 15.7. The van der Waals surface area contributed by atoms with E-state index in [9.17, 15) is 10.0 Å². The molecule has 0 aliphatic heterocycles. The topological polar surface area (TPSA) is 66.7 Å². The third-order valence-corrected chi connectivity index (χ3v) is 20.2. The van der Waals surface area contributed by atoms with E-state index in [0.29, 0.717) is 5.46 Å². The molecule has 2 N–H and O–H groups in total. The van der Waals surface area contributed by atoms with Crippen LogP contribution < -0.4 is 5.46 Å². The SMILES string of the molecule is Brc1ccc2oc3c4ccccc4c4ccccc4c3c2c1.OB(O)c1c2ccccc2c(-c2ccc(-c3ccccc3)cc2)c2ccccc12.c1ccc(-c2ccc(-c3c4ccccc4c(-c4ccc5oc6c7ccccc7c7ccccc7c6c5c4)c4ccccc34)cc2)cc1. The number of rotatable bonds is 6. The van der Waals surface area contributed by atoms with Crippen molar-refractivity contribution in [2.24, 2.45) is 0 Å². The van der Waals surface area contributed by atoms with Crippen LogP contribution in [0.2, 0.25) is 0 Å². The summed E-state index contributed by atoms with van der Waals surface area (Å²) in [4.78, 5) is 0. The maximum absolute atomic E-state index is 10.1. The molecule has 18 aromatic carbocycles. The lowest BCUT2D eigenvalue weighted by Gasteiger charge is -2.18. The van der Waals surface area contributed by atoms with Crippen molar-refractivity contribution in [1.82, 2.24) is 0 Å². The van der Waals surface area contributed by atoms with Crippen LogP contribution in [0.1, 0.15) is 0 Å². The molecule has 6 heteroatoms.